The van der Waals surface area contributed by atoms with Gasteiger partial charge in [0.1, 0.15) is 0 Å². The normalized spacial score (nSPS) is 10.1. The van der Waals surface area contributed by atoms with Crippen LogP contribution in [0.5, 0.6) is 0 Å². The number of benzene rings is 1. The van der Waals surface area contributed by atoms with E-state index in [2.05, 4.69) is 46.7 Å². The highest BCUT2D eigenvalue weighted by atomic mass is 15.1. The zero-order chi connectivity index (χ0) is 9.80. The number of anilines is 1. The number of rotatable bonds is 3. The van der Waals surface area contributed by atoms with E-state index in [4.69, 9.17) is 0 Å². The summed E-state index contributed by atoms with van der Waals surface area (Å²) in [5.74, 6) is 0. The average Bonchev–Trinajstić information content (AvgIpc) is 2.72. The molecule has 3 heteroatoms. The summed E-state index contributed by atoms with van der Waals surface area (Å²) >= 11 is 0. The maximum atomic E-state index is 3.92. The van der Waals surface area contributed by atoms with Crippen molar-refractivity contribution in [3.8, 4) is 11.3 Å². The largest absolute Gasteiger partial charge is 0.385 e. The van der Waals surface area contributed by atoms with Crippen LogP contribution in [0.15, 0.2) is 36.5 Å². The maximum Gasteiger partial charge on any atom is 0.0650 e. The topological polar surface area (TPSA) is 40.7 Å². The molecule has 0 aliphatic rings. The Kier molecular flexibility index (Phi) is 2.49. The van der Waals surface area contributed by atoms with Crippen LogP contribution in [0.4, 0.5) is 5.69 Å². The molecule has 0 amide bonds. The minimum absolute atomic E-state index is 0.948. The van der Waals surface area contributed by atoms with Gasteiger partial charge in [0, 0.05) is 18.4 Å². The van der Waals surface area contributed by atoms with Crippen molar-refractivity contribution in [1.82, 2.24) is 10.2 Å². The minimum Gasteiger partial charge on any atom is -0.385 e. The molecule has 0 unspecified atom stereocenters. The summed E-state index contributed by atoms with van der Waals surface area (Å²) in [6.45, 7) is 3.03. The van der Waals surface area contributed by atoms with Crippen molar-refractivity contribution >= 4 is 5.69 Å². The summed E-state index contributed by atoms with van der Waals surface area (Å²) in [5, 5.41) is 10.1. The highest BCUT2D eigenvalue weighted by molar-refractivity contribution is 5.62. The lowest BCUT2D eigenvalue weighted by Crippen LogP contribution is -1.95. The summed E-state index contributed by atoms with van der Waals surface area (Å²) in [7, 11) is 0. The van der Waals surface area contributed by atoms with E-state index in [1.54, 1.807) is 6.20 Å². The van der Waals surface area contributed by atoms with Crippen LogP contribution in [0.3, 0.4) is 0 Å². The third kappa shape index (κ3) is 1.76. The van der Waals surface area contributed by atoms with E-state index < -0.39 is 0 Å². The summed E-state index contributed by atoms with van der Waals surface area (Å²) in [6, 6.07) is 10.2. The number of aromatic amines is 1. The second-order valence-electron chi connectivity index (χ2n) is 3.08. The molecule has 0 aliphatic heterocycles. The first-order valence-electron chi connectivity index (χ1n) is 4.74. The molecule has 0 aliphatic carbocycles. The fourth-order valence-electron chi connectivity index (χ4n) is 1.39. The summed E-state index contributed by atoms with van der Waals surface area (Å²) in [4.78, 5) is 0. The minimum atomic E-state index is 0.948. The van der Waals surface area contributed by atoms with Gasteiger partial charge in [-0.05, 0) is 30.7 Å². The molecule has 2 N–H and O–H groups in total. The molecular weight excluding hydrogens is 174 g/mol. The van der Waals surface area contributed by atoms with Gasteiger partial charge in [-0.1, -0.05) is 12.1 Å². The molecule has 3 nitrogen and oxygen atoms in total. The van der Waals surface area contributed by atoms with E-state index in [0.717, 1.165) is 23.5 Å². The summed E-state index contributed by atoms with van der Waals surface area (Å²) in [6.07, 6.45) is 1.76. The van der Waals surface area contributed by atoms with E-state index in [9.17, 15) is 0 Å². The van der Waals surface area contributed by atoms with E-state index in [1.165, 1.54) is 0 Å². The van der Waals surface area contributed by atoms with Gasteiger partial charge < -0.3 is 5.32 Å². The van der Waals surface area contributed by atoms with Crippen molar-refractivity contribution < 1.29 is 0 Å². The SMILES string of the molecule is CCNc1ccc(-c2ccn[nH]2)cc1. The van der Waals surface area contributed by atoms with Gasteiger partial charge in [0.25, 0.3) is 0 Å². The van der Waals surface area contributed by atoms with E-state index >= 15 is 0 Å². The summed E-state index contributed by atoms with van der Waals surface area (Å²) < 4.78 is 0. The number of H-pyrrole nitrogens is 1. The van der Waals surface area contributed by atoms with Crippen LogP contribution in [0.2, 0.25) is 0 Å². The van der Waals surface area contributed by atoms with Crippen LogP contribution in [0, 0.1) is 0 Å². The first-order chi connectivity index (χ1) is 6.90. The van der Waals surface area contributed by atoms with Crippen LogP contribution < -0.4 is 5.32 Å². The van der Waals surface area contributed by atoms with Crippen molar-refractivity contribution in [3.63, 3.8) is 0 Å². The molecule has 0 spiro atoms. The molecule has 1 aromatic heterocycles. The second-order valence-corrected chi connectivity index (χ2v) is 3.08. The number of aromatic nitrogens is 2. The molecule has 0 saturated heterocycles. The number of hydrogen-bond acceptors (Lipinski definition) is 2. The van der Waals surface area contributed by atoms with Crippen molar-refractivity contribution in [2.75, 3.05) is 11.9 Å². The molecule has 0 atom stereocenters. The molecule has 2 rings (SSSR count). The Morgan fingerprint density at radius 3 is 2.57 bits per heavy atom. The number of nitrogens with one attached hydrogen (secondary N) is 2. The predicted octanol–water partition coefficient (Wildman–Crippen LogP) is 2.51. The lowest BCUT2D eigenvalue weighted by atomic mass is 10.1. The Hall–Kier alpha value is -1.77. The zero-order valence-electron chi connectivity index (χ0n) is 8.12. The molecule has 0 bridgehead atoms. The summed E-state index contributed by atoms with van der Waals surface area (Å²) in [5.41, 5.74) is 3.35. The Bertz CT molecular complexity index is 375. The van der Waals surface area contributed by atoms with Gasteiger partial charge >= 0.3 is 0 Å². The first kappa shape index (κ1) is 8.81. The van der Waals surface area contributed by atoms with Crippen molar-refractivity contribution in [3.05, 3.63) is 36.5 Å². The fraction of sp³-hybridized carbons (Fsp3) is 0.182. The molecule has 1 heterocycles. The quantitative estimate of drug-likeness (QED) is 0.775. The standard InChI is InChI=1S/C11H13N3/c1-2-12-10-5-3-9(4-6-10)11-7-8-13-14-11/h3-8,12H,2H2,1H3,(H,13,14). The molecule has 1 aromatic carbocycles. The van der Waals surface area contributed by atoms with Crippen LogP contribution >= 0.6 is 0 Å². The average molecular weight is 187 g/mol. The Balaban J connectivity index is 2.22. The van der Waals surface area contributed by atoms with Crippen molar-refractivity contribution in [2.24, 2.45) is 0 Å². The van der Waals surface area contributed by atoms with Crippen LogP contribution in [0.1, 0.15) is 6.92 Å². The maximum absolute atomic E-state index is 3.92. The third-order valence-corrected chi connectivity index (χ3v) is 2.08. The first-order valence-corrected chi connectivity index (χ1v) is 4.74. The van der Waals surface area contributed by atoms with E-state index in [1.807, 2.05) is 6.07 Å². The highest BCUT2D eigenvalue weighted by Crippen LogP contribution is 2.18. The molecule has 2 aromatic rings. The smallest absolute Gasteiger partial charge is 0.0650 e. The number of hydrogen-bond donors (Lipinski definition) is 2. The zero-order valence-corrected chi connectivity index (χ0v) is 8.12. The van der Waals surface area contributed by atoms with Gasteiger partial charge in [-0.3, -0.25) is 5.10 Å². The Morgan fingerprint density at radius 2 is 2.00 bits per heavy atom. The van der Waals surface area contributed by atoms with Crippen molar-refractivity contribution in [2.45, 2.75) is 6.92 Å². The second kappa shape index (κ2) is 3.96. The lowest BCUT2D eigenvalue weighted by Gasteiger charge is -2.03. The molecule has 72 valence electrons. The molecular formula is C11H13N3. The monoisotopic (exact) mass is 187 g/mol. The molecule has 0 fully saturated rings. The van der Waals surface area contributed by atoms with Crippen molar-refractivity contribution in [1.29, 1.82) is 0 Å². The van der Waals surface area contributed by atoms with Gasteiger partial charge in [0.15, 0.2) is 0 Å². The van der Waals surface area contributed by atoms with Crippen LogP contribution in [0.25, 0.3) is 11.3 Å². The van der Waals surface area contributed by atoms with Crippen LogP contribution in [-0.2, 0) is 0 Å². The van der Waals surface area contributed by atoms with Gasteiger partial charge in [0.2, 0.25) is 0 Å². The molecule has 14 heavy (non-hydrogen) atoms. The predicted molar refractivity (Wildman–Crippen MR) is 58.2 cm³/mol. The molecule has 0 saturated carbocycles. The van der Waals surface area contributed by atoms with Crippen LogP contribution in [-0.4, -0.2) is 16.7 Å². The Morgan fingerprint density at radius 1 is 1.21 bits per heavy atom. The number of nitrogens with zero attached hydrogens (tertiary/aromatic N) is 1. The molecule has 0 radical (unpaired) electrons. The van der Waals surface area contributed by atoms with Gasteiger partial charge in [-0.2, -0.15) is 5.10 Å². The lowest BCUT2D eigenvalue weighted by molar-refractivity contribution is 1.10. The Labute approximate surface area is 83.2 Å². The van der Waals surface area contributed by atoms with Gasteiger partial charge in [0.05, 0.1) is 5.69 Å². The third-order valence-electron chi connectivity index (χ3n) is 2.08. The highest BCUT2D eigenvalue weighted by Gasteiger charge is 1.97. The van der Waals surface area contributed by atoms with E-state index in [0.29, 0.717) is 0 Å². The fourth-order valence-corrected chi connectivity index (χ4v) is 1.39. The van der Waals surface area contributed by atoms with Gasteiger partial charge in [-0.25, -0.2) is 0 Å². The van der Waals surface area contributed by atoms with Gasteiger partial charge in [-0.15, -0.1) is 0 Å². The van der Waals surface area contributed by atoms with E-state index in [-0.39, 0.29) is 0 Å².